The van der Waals surface area contributed by atoms with Crippen LogP contribution in [0.5, 0.6) is 0 Å². The van der Waals surface area contributed by atoms with Crippen LogP contribution in [0, 0.1) is 4.91 Å². The lowest BCUT2D eigenvalue weighted by Gasteiger charge is -2.08. The lowest BCUT2D eigenvalue weighted by Crippen LogP contribution is -2.18. The third-order valence-corrected chi connectivity index (χ3v) is 3.30. The van der Waals surface area contributed by atoms with Gasteiger partial charge in [-0.1, -0.05) is 11.6 Å². The van der Waals surface area contributed by atoms with Crippen molar-refractivity contribution >= 4 is 28.3 Å². The van der Waals surface area contributed by atoms with Crippen molar-refractivity contribution in [2.75, 3.05) is 0 Å². The quantitative estimate of drug-likeness (QED) is 0.531. The molecule has 0 saturated carbocycles. The van der Waals surface area contributed by atoms with Crippen LogP contribution in [0.4, 0.5) is 18.9 Å². The molecular weight excluding hydrogens is 335 g/mol. The molecule has 0 N–H and O–H groups in total. The monoisotopic (exact) mass is 341 g/mol. The summed E-state index contributed by atoms with van der Waals surface area (Å²) in [5, 5.41) is 6.64. The number of halogens is 4. The van der Waals surface area contributed by atoms with Gasteiger partial charge in [-0.2, -0.15) is 18.3 Å². The van der Waals surface area contributed by atoms with E-state index in [4.69, 9.17) is 11.6 Å². The molecule has 6 nitrogen and oxygen atoms in total. The molecule has 0 amide bonds. The van der Waals surface area contributed by atoms with E-state index >= 15 is 0 Å². The first-order valence-electron chi connectivity index (χ1n) is 6.27. The Kier molecular flexibility index (Phi) is 3.72. The highest BCUT2D eigenvalue weighted by Gasteiger charge is 2.30. The summed E-state index contributed by atoms with van der Waals surface area (Å²) in [6, 6.07) is 5.94. The molecule has 3 rings (SSSR count). The van der Waals surface area contributed by atoms with Crippen molar-refractivity contribution < 1.29 is 13.2 Å². The molecule has 2 aromatic heterocycles. The van der Waals surface area contributed by atoms with Crippen molar-refractivity contribution in [3.05, 3.63) is 40.5 Å². The highest BCUT2D eigenvalue weighted by molar-refractivity contribution is 6.34. The maximum atomic E-state index is 12.6. The van der Waals surface area contributed by atoms with Crippen molar-refractivity contribution in [3.63, 3.8) is 0 Å². The van der Waals surface area contributed by atoms with E-state index in [0.29, 0.717) is 10.2 Å². The van der Waals surface area contributed by atoms with E-state index in [1.807, 2.05) is 0 Å². The highest BCUT2D eigenvalue weighted by atomic mass is 35.5. The van der Waals surface area contributed by atoms with E-state index in [1.165, 1.54) is 30.5 Å². The fourth-order valence-electron chi connectivity index (χ4n) is 2.01. The average molecular weight is 342 g/mol. The zero-order valence-corrected chi connectivity index (χ0v) is 12.0. The second-order valence-electron chi connectivity index (χ2n) is 4.63. The lowest BCUT2D eigenvalue weighted by atomic mass is 10.2. The summed E-state index contributed by atoms with van der Waals surface area (Å²) in [7, 11) is 0. The van der Waals surface area contributed by atoms with Gasteiger partial charge in [0.15, 0.2) is 11.5 Å². The smallest absolute Gasteiger partial charge is 0.238 e. The van der Waals surface area contributed by atoms with Crippen LogP contribution in [-0.2, 0) is 6.54 Å². The van der Waals surface area contributed by atoms with Crippen molar-refractivity contribution in [1.82, 2.24) is 19.7 Å². The van der Waals surface area contributed by atoms with Crippen molar-refractivity contribution in [1.29, 1.82) is 0 Å². The molecule has 23 heavy (non-hydrogen) atoms. The van der Waals surface area contributed by atoms with Crippen LogP contribution in [0.3, 0.4) is 0 Å². The Morgan fingerprint density at radius 1 is 1.17 bits per heavy atom. The van der Waals surface area contributed by atoms with Gasteiger partial charge >= 0.3 is 6.18 Å². The molecule has 3 aromatic rings. The van der Waals surface area contributed by atoms with Gasteiger partial charge in [-0.15, -0.1) is 4.91 Å². The van der Waals surface area contributed by atoms with Gasteiger partial charge in [0.05, 0.1) is 11.6 Å². The van der Waals surface area contributed by atoms with Crippen LogP contribution in [0.25, 0.3) is 22.4 Å². The standard InChI is InChI=1S/C13H7ClF3N5O/c14-10-9-5-18-22(6-13(15,16)17)12(9)20-11(19-10)7-1-3-8(21-23)4-2-7/h1-5H,6H2. The highest BCUT2D eigenvalue weighted by Crippen LogP contribution is 2.27. The summed E-state index contributed by atoms with van der Waals surface area (Å²) < 4.78 is 38.4. The van der Waals surface area contributed by atoms with Gasteiger partial charge in [0.25, 0.3) is 0 Å². The third kappa shape index (κ3) is 3.14. The number of aromatic nitrogens is 4. The number of nitrogens with zero attached hydrogens (tertiary/aromatic N) is 5. The SMILES string of the molecule is O=Nc1ccc(-c2nc(Cl)c3cnn(CC(F)(F)F)c3n2)cc1. The summed E-state index contributed by atoms with van der Waals surface area (Å²) >= 11 is 6.00. The largest absolute Gasteiger partial charge is 0.408 e. The number of hydrogen-bond donors (Lipinski definition) is 0. The van der Waals surface area contributed by atoms with Crippen LogP contribution in [-0.4, -0.2) is 25.9 Å². The van der Waals surface area contributed by atoms with Gasteiger partial charge in [-0.05, 0) is 29.4 Å². The number of alkyl halides is 3. The summed E-state index contributed by atoms with van der Waals surface area (Å²) in [5.74, 6) is 0.129. The zero-order valence-electron chi connectivity index (χ0n) is 11.3. The predicted octanol–water partition coefficient (Wildman–Crippen LogP) is 4.11. The second-order valence-corrected chi connectivity index (χ2v) is 4.99. The molecule has 0 fully saturated rings. The van der Waals surface area contributed by atoms with Crippen LogP contribution in [0.1, 0.15) is 0 Å². The maximum absolute atomic E-state index is 12.6. The molecule has 0 bridgehead atoms. The van der Waals surface area contributed by atoms with E-state index in [9.17, 15) is 18.1 Å². The summed E-state index contributed by atoms with van der Waals surface area (Å²) in [6.45, 7) is -1.28. The lowest BCUT2D eigenvalue weighted by molar-refractivity contribution is -0.141. The van der Waals surface area contributed by atoms with Crippen LogP contribution < -0.4 is 0 Å². The van der Waals surface area contributed by atoms with Crippen LogP contribution >= 0.6 is 11.6 Å². The van der Waals surface area contributed by atoms with Gasteiger partial charge < -0.3 is 0 Å². The Bertz CT molecular complexity index is 876. The Hall–Kier alpha value is -2.55. The van der Waals surface area contributed by atoms with Gasteiger partial charge in [0.1, 0.15) is 17.4 Å². The van der Waals surface area contributed by atoms with Crippen molar-refractivity contribution in [2.45, 2.75) is 12.7 Å². The molecule has 0 unspecified atom stereocenters. The second kappa shape index (κ2) is 5.58. The normalized spacial score (nSPS) is 11.8. The number of fused-ring (bicyclic) bond motifs is 1. The van der Waals surface area contributed by atoms with E-state index in [1.54, 1.807) is 0 Å². The van der Waals surface area contributed by atoms with E-state index in [-0.39, 0.29) is 27.7 Å². The Balaban J connectivity index is 2.11. The van der Waals surface area contributed by atoms with Gasteiger partial charge in [-0.25, -0.2) is 14.6 Å². The molecule has 0 radical (unpaired) electrons. The molecule has 10 heteroatoms. The number of benzene rings is 1. The number of rotatable bonds is 3. The number of nitroso groups, excluding NO2 is 1. The summed E-state index contributed by atoms with van der Waals surface area (Å²) in [5.41, 5.74) is 0.680. The zero-order chi connectivity index (χ0) is 16.6. The molecule has 118 valence electrons. The predicted molar refractivity (Wildman–Crippen MR) is 77.3 cm³/mol. The minimum atomic E-state index is -4.44. The molecule has 0 atom stereocenters. The molecule has 0 aliphatic carbocycles. The molecule has 0 spiro atoms. The fraction of sp³-hybridized carbons (Fsp3) is 0.154. The Morgan fingerprint density at radius 2 is 1.87 bits per heavy atom. The van der Waals surface area contributed by atoms with Gasteiger partial charge in [-0.3, -0.25) is 0 Å². The van der Waals surface area contributed by atoms with Gasteiger partial charge in [0.2, 0.25) is 0 Å². The first kappa shape index (κ1) is 15.3. The van der Waals surface area contributed by atoms with E-state index in [0.717, 1.165) is 0 Å². The third-order valence-electron chi connectivity index (χ3n) is 3.01. The maximum Gasteiger partial charge on any atom is 0.408 e. The molecule has 2 heterocycles. The fourth-order valence-corrected chi connectivity index (χ4v) is 2.22. The molecule has 0 aliphatic heterocycles. The van der Waals surface area contributed by atoms with E-state index in [2.05, 4.69) is 20.2 Å². The molecular formula is C13H7ClF3N5O. The summed E-state index contributed by atoms with van der Waals surface area (Å²) in [6.07, 6.45) is -3.25. The van der Waals surface area contributed by atoms with E-state index < -0.39 is 12.7 Å². The average Bonchev–Trinajstić information content (AvgIpc) is 2.89. The van der Waals surface area contributed by atoms with Crippen molar-refractivity contribution in [3.8, 4) is 11.4 Å². The topological polar surface area (TPSA) is 73.0 Å². The first-order valence-corrected chi connectivity index (χ1v) is 6.65. The number of hydrogen-bond acceptors (Lipinski definition) is 5. The van der Waals surface area contributed by atoms with Crippen LogP contribution in [0.15, 0.2) is 35.6 Å². The first-order chi connectivity index (χ1) is 10.9. The molecule has 1 aromatic carbocycles. The minimum absolute atomic E-state index is 0.00369. The Morgan fingerprint density at radius 3 is 2.48 bits per heavy atom. The van der Waals surface area contributed by atoms with Crippen molar-refractivity contribution in [2.24, 2.45) is 5.18 Å². The van der Waals surface area contributed by atoms with Gasteiger partial charge in [0, 0.05) is 5.56 Å². The minimum Gasteiger partial charge on any atom is -0.238 e. The molecule has 0 saturated heterocycles. The summed E-state index contributed by atoms with van der Waals surface area (Å²) in [4.78, 5) is 18.6. The Labute approximate surface area is 131 Å². The molecule has 0 aliphatic rings. The van der Waals surface area contributed by atoms with Crippen LogP contribution in [0.2, 0.25) is 5.15 Å².